The zero-order valence-corrected chi connectivity index (χ0v) is 12.1. The van der Waals surface area contributed by atoms with Gasteiger partial charge in [0, 0.05) is 35.2 Å². The molecule has 2 aliphatic rings. The predicted molar refractivity (Wildman–Crippen MR) is 78.0 cm³/mol. The van der Waals surface area contributed by atoms with Crippen LogP contribution in [0.1, 0.15) is 35.6 Å². The van der Waals surface area contributed by atoms with Gasteiger partial charge in [-0.15, -0.1) is 0 Å². The van der Waals surface area contributed by atoms with E-state index in [0.29, 0.717) is 5.92 Å². The maximum Gasteiger partial charge on any atom is 0.132 e. The number of hydrogen-bond acceptors (Lipinski definition) is 3. The first-order valence-electron chi connectivity index (χ1n) is 6.64. The van der Waals surface area contributed by atoms with Crippen LogP contribution < -0.4 is 4.90 Å². The number of nitrogens with zero attached hydrogens (tertiary/aromatic N) is 3. The lowest BCUT2D eigenvalue weighted by atomic mass is 10.1. The van der Waals surface area contributed by atoms with Crippen LogP contribution in [0.2, 0.25) is 0 Å². The summed E-state index contributed by atoms with van der Waals surface area (Å²) in [7, 11) is 0. The minimum Gasteiger partial charge on any atom is -0.348 e. The van der Waals surface area contributed by atoms with Crippen LogP contribution >= 0.6 is 15.9 Å². The molecule has 1 aliphatic carbocycles. The molecule has 0 unspecified atom stereocenters. The number of benzene rings is 1. The molecule has 0 amide bonds. The molecule has 96 valence electrons. The Morgan fingerprint density at radius 1 is 1.16 bits per heavy atom. The molecule has 0 saturated heterocycles. The van der Waals surface area contributed by atoms with Crippen LogP contribution in [-0.4, -0.2) is 9.97 Å². The first kappa shape index (κ1) is 11.4. The molecule has 3 nitrogen and oxygen atoms in total. The van der Waals surface area contributed by atoms with E-state index in [1.165, 1.54) is 34.1 Å². The van der Waals surface area contributed by atoms with Crippen molar-refractivity contribution in [2.45, 2.75) is 31.8 Å². The summed E-state index contributed by atoms with van der Waals surface area (Å²) in [6, 6.07) is 8.57. The highest BCUT2D eigenvalue weighted by molar-refractivity contribution is 9.10. The molecule has 2 heterocycles. The Bertz CT molecular complexity index is 637. The van der Waals surface area contributed by atoms with E-state index in [1.807, 2.05) is 0 Å². The second-order valence-electron chi connectivity index (χ2n) is 5.31. The summed E-state index contributed by atoms with van der Waals surface area (Å²) < 4.78 is 1.20. The molecular weight excluding hydrogens is 302 g/mol. The molecule has 0 atom stereocenters. The second-order valence-corrected chi connectivity index (χ2v) is 6.16. The topological polar surface area (TPSA) is 29.0 Å². The number of anilines is 1. The SMILES string of the molecule is Brc1cccc2c1CN(c1cc(C3CC3)ncn1)C2. The van der Waals surface area contributed by atoms with Crippen LogP contribution in [0.4, 0.5) is 5.82 Å². The Kier molecular flexibility index (Phi) is 2.58. The highest BCUT2D eigenvalue weighted by atomic mass is 79.9. The van der Waals surface area contributed by atoms with Gasteiger partial charge in [0.1, 0.15) is 12.1 Å². The fourth-order valence-electron chi connectivity index (χ4n) is 2.68. The molecule has 0 bridgehead atoms. The van der Waals surface area contributed by atoms with Crippen molar-refractivity contribution in [3.63, 3.8) is 0 Å². The van der Waals surface area contributed by atoms with E-state index in [-0.39, 0.29) is 0 Å². The van der Waals surface area contributed by atoms with Crippen molar-refractivity contribution in [1.82, 2.24) is 9.97 Å². The second kappa shape index (κ2) is 4.30. The van der Waals surface area contributed by atoms with Crippen molar-refractivity contribution in [3.05, 3.63) is 51.9 Å². The van der Waals surface area contributed by atoms with Crippen molar-refractivity contribution >= 4 is 21.7 Å². The molecule has 0 radical (unpaired) electrons. The quantitative estimate of drug-likeness (QED) is 0.847. The lowest BCUT2D eigenvalue weighted by molar-refractivity contribution is 0.840. The smallest absolute Gasteiger partial charge is 0.132 e. The van der Waals surface area contributed by atoms with Gasteiger partial charge in [-0.05, 0) is 30.0 Å². The molecular formula is C15H14BrN3. The van der Waals surface area contributed by atoms with Crippen LogP contribution in [0.25, 0.3) is 0 Å². The van der Waals surface area contributed by atoms with Crippen LogP contribution in [-0.2, 0) is 13.1 Å². The number of rotatable bonds is 2. The Balaban J connectivity index is 1.65. The maximum atomic E-state index is 4.44. The van der Waals surface area contributed by atoms with Gasteiger partial charge in [-0.3, -0.25) is 0 Å². The van der Waals surface area contributed by atoms with Crippen molar-refractivity contribution in [3.8, 4) is 0 Å². The zero-order chi connectivity index (χ0) is 12.8. The molecule has 1 saturated carbocycles. The van der Waals surface area contributed by atoms with Crippen molar-refractivity contribution < 1.29 is 0 Å². The van der Waals surface area contributed by atoms with Crippen LogP contribution in [0, 0.1) is 0 Å². The average Bonchev–Trinajstić information content (AvgIpc) is 3.19. The van der Waals surface area contributed by atoms with Gasteiger partial charge in [0.05, 0.1) is 0 Å². The molecule has 1 fully saturated rings. The first-order valence-corrected chi connectivity index (χ1v) is 7.44. The first-order chi connectivity index (χ1) is 9.31. The summed E-state index contributed by atoms with van der Waals surface area (Å²) in [4.78, 5) is 11.2. The van der Waals surface area contributed by atoms with E-state index in [0.717, 1.165) is 18.9 Å². The Morgan fingerprint density at radius 2 is 2.05 bits per heavy atom. The molecule has 1 aliphatic heterocycles. The highest BCUT2D eigenvalue weighted by Gasteiger charge is 2.27. The number of fused-ring (bicyclic) bond motifs is 1. The number of aromatic nitrogens is 2. The van der Waals surface area contributed by atoms with Gasteiger partial charge in [-0.2, -0.15) is 0 Å². The van der Waals surface area contributed by atoms with Gasteiger partial charge < -0.3 is 4.90 Å². The van der Waals surface area contributed by atoms with Crippen molar-refractivity contribution in [1.29, 1.82) is 0 Å². The van der Waals surface area contributed by atoms with Gasteiger partial charge in [0.25, 0.3) is 0 Å². The van der Waals surface area contributed by atoms with Gasteiger partial charge in [0.15, 0.2) is 0 Å². The zero-order valence-electron chi connectivity index (χ0n) is 10.5. The number of hydrogen-bond donors (Lipinski definition) is 0. The van der Waals surface area contributed by atoms with Gasteiger partial charge in [0.2, 0.25) is 0 Å². The third kappa shape index (κ3) is 2.04. The lowest BCUT2D eigenvalue weighted by Gasteiger charge is -2.16. The predicted octanol–water partition coefficient (Wildman–Crippen LogP) is 3.64. The van der Waals surface area contributed by atoms with E-state index >= 15 is 0 Å². The molecule has 0 spiro atoms. The van der Waals surface area contributed by atoms with E-state index in [4.69, 9.17) is 0 Å². The van der Waals surface area contributed by atoms with E-state index < -0.39 is 0 Å². The van der Waals surface area contributed by atoms with Gasteiger partial charge >= 0.3 is 0 Å². The molecule has 4 heteroatoms. The largest absolute Gasteiger partial charge is 0.348 e. The summed E-state index contributed by atoms with van der Waals surface area (Å²) in [5.41, 5.74) is 3.98. The minimum atomic E-state index is 0.679. The summed E-state index contributed by atoms with van der Waals surface area (Å²) in [5, 5.41) is 0. The molecule has 19 heavy (non-hydrogen) atoms. The molecule has 4 rings (SSSR count). The van der Waals surface area contributed by atoms with E-state index in [2.05, 4.69) is 55.1 Å². The Morgan fingerprint density at radius 3 is 2.84 bits per heavy atom. The summed E-state index contributed by atoms with van der Waals surface area (Å²) >= 11 is 3.64. The fraction of sp³-hybridized carbons (Fsp3) is 0.333. The minimum absolute atomic E-state index is 0.679. The molecule has 0 N–H and O–H groups in total. The Hall–Kier alpha value is -1.42. The van der Waals surface area contributed by atoms with E-state index in [9.17, 15) is 0 Å². The average molecular weight is 316 g/mol. The summed E-state index contributed by atoms with van der Waals surface area (Å²) in [6.07, 6.45) is 4.27. The van der Waals surface area contributed by atoms with E-state index in [1.54, 1.807) is 6.33 Å². The third-order valence-electron chi connectivity index (χ3n) is 3.92. The highest BCUT2D eigenvalue weighted by Crippen LogP contribution is 2.40. The molecule has 1 aromatic heterocycles. The lowest BCUT2D eigenvalue weighted by Crippen LogP contribution is -2.16. The summed E-state index contributed by atoms with van der Waals surface area (Å²) in [6.45, 7) is 1.87. The monoisotopic (exact) mass is 315 g/mol. The van der Waals surface area contributed by atoms with Crippen molar-refractivity contribution in [2.24, 2.45) is 0 Å². The number of halogens is 1. The van der Waals surface area contributed by atoms with Crippen LogP contribution in [0.15, 0.2) is 35.1 Å². The van der Waals surface area contributed by atoms with Gasteiger partial charge in [-0.25, -0.2) is 9.97 Å². The standard InChI is InChI=1S/C15H14BrN3/c16-13-3-1-2-11-7-19(8-12(11)13)15-6-14(10-4-5-10)17-9-18-15/h1-3,6,9-10H,4-5,7-8H2. The summed E-state index contributed by atoms with van der Waals surface area (Å²) in [5.74, 6) is 1.73. The molecule has 1 aromatic carbocycles. The fourth-order valence-corrected chi connectivity index (χ4v) is 3.21. The Labute approximate surface area is 120 Å². The van der Waals surface area contributed by atoms with Crippen LogP contribution in [0.5, 0.6) is 0 Å². The van der Waals surface area contributed by atoms with Crippen LogP contribution in [0.3, 0.4) is 0 Å². The normalized spacial score (nSPS) is 17.6. The van der Waals surface area contributed by atoms with Crippen molar-refractivity contribution in [2.75, 3.05) is 4.90 Å². The maximum absolute atomic E-state index is 4.44. The van der Waals surface area contributed by atoms with Gasteiger partial charge in [-0.1, -0.05) is 28.1 Å². The molecule has 2 aromatic rings. The third-order valence-corrected chi connectivity index (χ3v) is 4.66.